The number of aryl methyl sites for hydroxylation is 1. The number of hydrogen-bond acceptors (Lipinski definition) is 2. The van der Waals surface area contributed by atoms with Gasteiger partial charge in [-0.05, 0) is 32.1 Å². The molecule has 1 aliphatic carbocycles. The lowest BCUT2D eigenvalue weighted by atomic mass is 9.83. The Labute approximate surface area is 111 Å². The summed E-state index contributed by atoms with van der Waals surface area (Å²) in [5.74, 6) is 1.91. The standard InChI is InChI=1S/C15H27N3/c1-4-10-16-15-17-12(3)11-18(15)14-9-7-6-8-13(14)5-2/h11,13-14H,4-10H2,1-3H3,(H,16,17). The predicted molar refractivity (Wildman–Crippen MR) is 77.0 cm³/mol. The summed E-state index contributed by atoms with van der Waals surface area (Å²) >= 11 is 0. The van der Waals surface area contributed by atoms with Gasteiger partial charge in [-0.15, -0.1) is 0 Å². The zero-order valence-corrected chi connectivity index (χ0v) is 12.1. The number of rotatable bonds is 5. The van der Waals surface area contributed by atoms with Crippen LogP contribution in [-0.4, -0.2) is 16.1 Å². The van der Waals surface area contributed by atoms with Gasteiger partial charge in [0.05, 0.1) is 5.69 Å². The molecule has 0 amide bonds. The SMILES string of the molecule is CCCNc1nc(C)cn1C1CCCCC1CC. The maximum Gasteiger partial charge on any atom is 0.203 e. The summed E-state index contributed by atoms with van der Waals surface area (Å²) in [7, 11) is 0. The Morgan fingerprint density at radius 1 is 1.33 bits per heavy atom. The third kappa shape index (κ3) is 2.88. The minimum Gasteiger partial charge on any atom is -0.356 e. The lowest BCUT2D eigenvalue weighted by molar-refractivity contribution is 0.234. The van der Waals surface area contributed by atoms with Crippen LogP contribution < -0.4 is 5.32 Å². The summed E-state index contributed by atoms with van der Waals surface area (Å²) in [6.07, 6.45) is 10.1. The van der Waals surface area contributed by atoms with Crippen molar-refractivity contribution < 1.29 is 0 Å². The molecule has 2 rings (SSSR count). The van der Waals surface area contributed by atoms with Gasteiger partial charge in [0, 0.05) is 18.8 Å². The van der Waals surface area contributed by atoms with Crippen LogP contribution in [0.4, 0.5) is 5.95 Å². The molecule has 3 heteroatoms. The fourth-order valence-corrected chi connectivity index (χ4v) is 3.17. The molecule has 1 N–H and O–H groups in total. The molecule has 0 aromatic carbocycles. The van der Waals surface area contributed by atoms with E-state index in [1.54, 1.807) is 0 Å². The maximum absolute atomic E-state index is 4.64. The molecule has 0 saturated heterocycles. The molecule has 2 atom stereocenters. The van der Waals surface area contributed by atoms with Crippen molar-refractivity contribution in [3.63, 3.8) is 0 Å². The van der Waals surface area contributed by atoms with E-state index in [1.807, 2.05) is 0 Å². The van der Waals surface area contributed by atoms with Gasteiger partial charge in [-0.25, -0.2) is 4.98 Å². The van der Waals surface area contributed by atoms with E-state index in [-0.39, 0.29) is 0 Å². The highest BCUT2D eigenvalue weighted by atomic mass is 15.2. The first-order valence-electron chi connectivity index (χ1n) is 7.55. The first kappa shape index (κ1) is 13.4. The van der Waals surface area contributed by atoms with Crippen molar-refractivity contribution in [1.29, 1.82) is 0 Å². The van der Waals surface area contributed by atoms with Gasteiger partial charge in [0.1, 0.15) is 0 Å². The van der Waals surface area contributed by atoms with Crippen LogP contribution in [0.15, 0.2) is 6.20 Å². The van der Waals surface area contributed by atoms with Crippen molar-refractivity contribution in [1.82, 2.24) is 9.55 Å². The molecule has 1 saturated carbocycles. The second-order valence-corrected chi connectivity index (χ2v) is 5.56. The third-order valence-corrected chi connectivity index (χ3v) is 4.14. The summed E-state index contributed by atoms with van der Waals surface area (Å²) in [5.41, 5.74) is 1.13. The van der Waals surface area contributed by atoms with E-state index in [1.165, 1.54) is 32.1 Å². The monoisotopic (exact) mass is 249 g/mol. The fourth-order valence-electron chi connectivity index (χ4n) is 3.17. The van der Waals surface area contributed by atoms with Crippen molar-refractivity contribution >= 4 is 5.95 Å². The Kier molecular flexibility index (Phi) is 4.67. The van der Waals surface area contributed by atoms with E-state index >= 15 is 0 Å². The minimum absolute atomic E-state index is 0.657. The highest BCUT2D eigenvalue weighted by molar-refractivity contribution is 5.29. The van der Waals surface area contributed by atoms with Crippen LogP contribution in [0.1, 0.15) is 64.1 Å². The summed E-state index contributed by atoms with van der Waals surface area (Å²) in [4.78, 5) is 4.64. The van der Waals surface area contributed by atoms with E-state index in [0.717, 1.165) is 30.5 Å². The average molecular weight is 249 g/mol. The summed E-state index contributed by atoms with van der Waals surface area (Å²) < 4.78 is 2.42. The van der Waals surface area contributed by atoms with E-state index in [4.69, 9.17) is 0 Å². The first-order chi connectivity index (χ1) is 8.76. The van der Waals surface area contributed by atoms with Crippen LogP contribution in [-0.2, 0) is 0 Å². The number of aromatic nitrogens is 2. The predicted octanol–water partition coefficient (Wildman–Crippen LogP) is 4.15. The summed E-state index contributed by atoms with van der Waals surface area (Å²) in [6, 6.07) is 0.657. The molecule has 102 valence electrons. The van der Waals surface area contributed by atoms with Crippen LogP contribution in [0.2, 0.25) is 0 Å². The second-order valence-electron chi connectivity index (χ2n) is 5.56. The van der Waals surface area contributed by atoms with Crippen LogP contribution in [0, 0.1) is 12.8 Å². The number of hydrogen-bond donors (Lipinski definition) is 1. The highest BCUT2D eigenvalue weighted by Gasteiger charge is 2.26. The number of nitrogens with one attached hydrogen (secondary N) is 1. The molecule has 1 fully saturated rings. The van der Waals surface area contributed by atoms with Crippen molar-refractivity contribution in [3.05, 3.63) is 11.9 Å². The first-order valence-corrected chi connectivity index (χ1v) is 7.55. The Bertz CT molecular complexity index is 370. The van der Waals surface area contributed by atoms with Crippen LogP contribution in [0.5, 0.6) is 0 Å². The number of imidazole rings is 1. The normalized spacial score (nSPS) is 24.2. The zero-order chi connectivity index (χ0) is 13.0. The zero-order valence-electron chi connectivity index (χ0n) is 12.1. The largest absolute Gasteiger partial charge is 0.356 e. The highest BCUT2D eigenvalue weighted by Crippen LogP contribution is 2.37. The summed E-state index contributed by atoms with van der Waals surface area (Å²) in [6.45, 7) is 7.63. The molecule has 18 heavy (non-hydrogen) atoms. The van der Waals surface area contributed by atoms with Crippen molar-refractivity contribution in [3.8, 4) is 0 Å². The number of anilines is 1. The molecular formula is C15H27N3. The van der Waals surface area contributed by atoms with Gasteiger partial charge in [-0.2, -0.15) is 0 Å². The molecule has 2 unspecified atom stereocenters. The van der Waals surface area contributed by atoms with Crippen molar-refractivity contribution in [2.45, 2.75) is 65.3 Å². The lowest BCUT2D eigenvalue weighted by Gasteiger charge is -2.32. The number of nitrogens with zero attached hydrogens (tertiary/aromatic N) is 2. The Morgan fingerprint density at radius 2 is 2.11 bits per heavy atom. The molecule has 0 aliphatic heterocycles. The fraction of sp³-hybridized carbons (Fsp3) is 0.800. The van der Waals surface area contributed by atoms with Crippen molar-refractivity contribution in [2.24, 2.45) is 5.92 Å². The van der Waals surface area contributed by atoms with Gasteiger partial charge in [0.2, 0.25) is 5.95 Å². The van der Waals surface area contributed by atoms with Gasteiger partial charge in [-0.3, -0.25) is 0 Å². The lowest BCUT2D eigenvalue weighted by Crippen LogP contribution is -2.24. The molecule has 3 nitrogen and oxygen atoms in total. The molecule has 1 heterocycles. The van der Waals surface area contributed by atoms with E-state index in [9.17, 15) is 0 Å². The molecular weight excluding hydrogens is 222 g/mol. The molecule has 0 spiro atoms. The van der Waals surface area contributed by atoms with Gasteiger partial charge in [0.25, 0.3) is 0 Å². The quantitative estimate of drug-likeness (QED) is 0.849. The minimum atomic E-state index is 0.657. The van der Waals surface area contributed by atoms with Crippen molar-refractivity contribution in [2.75, 3.05) is 11.9 Å². The van der Waals surface area contributed by atoms with Gasteiger partial charge in [0.15, 0.2) is 0 Å². The smallest absolute Gasteiger partial charge is 0.203 e. The average Bonchev–Trinajstić information content (AvgIpc) is 2.77. The topological polar surface area (TPSA) is 29.9 Å². The van der Waals surface area contributed by atoms with E-state index in [2.05, 4.69) is 41.8 Å². The van der Waals surface area contributed by atoms with Gasteiger partial charge < -0.3 is 9.88 Å². The van der Waals surface area contributed by atoms with Gasteiger partial charge >= 0.3 is 0 Å². The van der Waals surface area contributed by atoms with Gasteiger partial charge in [-0.1, -0.05) is 33.1 Å². The third-order valence-electron chi connectivity index (χ3n) is 4.14. The Morgan fingerprint density at radius 3 is 2.83 bits per heavy atom. The second kappa shape index (κ2) is 6.26. The molecule has 0 bridgehead atoms. The molecule has 0 radical (unpaired) electrons. The van der Waals surface area contributed by atoms with E-state index in [0.29, 0.717) is 6.04 Å². The summed E-state index contributed by atoms with van der Waals surface area (Å²) in [5, 5.41) is 3.48. The van der Waals surface area contributed by atoms with Crippen LogP contribution in [0.3, 0.4) is 0 Å². The van der Waals surface area contributed by atoms with Crippen LogP contribution >= 0.6 is 0 Å². The van der Waals surface area contributed by atoms with Crippen LogP contribution in [0.25, 0.3) is 0 Å². The molecule has 1 aliphatic rings. The Hall–Kier alpha value is -0.990. The van der Waals surface area contributed by atoms with E-state index < -0.39 is 0 Å². The molecule has 1 aromatic rings. The maximum atomic E-state index is 4.64. The molecule has 1 aromatic heterocycles. The Balaban J connectivity index is 2.19.